The summed E-state index contributed by atoms with van der Waals surface area (Å²) in [5.41, 5.74) is 5.38. The second-order valence-electron chi connectivity index (χ2n) is 8.65. The maximum Gasteiger partial charge on any atom is 0.225 e. The van der Waals surface area contributed by atoms with E-state index in [1.54, 1.807) is 11.3 Å². The van der Waals surface area contributed by atoms with Gasteiger partial charge in [0.05, 0.1) is 18.7 Å². The highest BCUT2D eigenvalue weighted by molar-refractivity contribution is 7.15. The fraction of sp³-hybridized carbons (Fsp3) is 0.200. The molecule has 0 atom stereocenters. The number of hydrogen-bond acceptors (Lipinski definition) is 4. The Morgan fingerprint density at radius 2 is 1.64 bits per heavy atom. The van der Waals surface area contributed by atoms with Crippen LogP contribution in [-0.2, 0) is 11.2 Å². The fourth-order valence-corrected chi connectivity index (χ4v) is 5.34. The van der Waals surface area contributed by atoms with Gasteiger partial charge in [-0.3, -0.25) is 9.20 Å². The third kappa shape index (κ3) is 5.50. The van der Waals surface area contributed by atoms with Gasteiger partial charge in [-0.1, -0.05) is 60.7 Å². The topological polar surface area (TPSA) is 55.6 Å². The summed E-state index contributed by atoms with van der Waals surface area (Å²) in [6.45, 7) is 3.23. The molecule has 0 bridgehead atoms. The van der Waals surface area contributed by atoms with Crippen molar-refractivity contribution in [2.45, 2.75) is 25.7 Å². The number of nitrogens with zero attached hydrogens (tertiary/aromatic N) is 2. The Morgan fingerprint density at radius 1 is 0.972 bits per heavy atom. The number of nitrogens with one attached hydrogen (secondary N) is 1. The summed E-state index contributed by atoms with van der Waals surface area (Å²) >= 11 is 1.55. The summed E-state index contributed by atoms with van der Waals surface area (Å²) in [4.78, 5) is 18.5. The van der Waals surface area contributed by atoms with Crippen molar-refractivity contribution in [3.8, 4) is 17.0 Å². The zero-order chi connectivity index (χ0) is 24.7. The summed E-state index contributed by atoms with van der Waals surface area (Å²) in [7, 11) is 0. The van der Waals surface area contributed by atoms with E-state index in [1.807, 2.05) is 59.3 Å². The molecule has 5 aromatic rings. The Hall–Kier alpha value is -3.90. The molecule has 0 aliphatic rings. The second kappa shape index (κ2) is 11.2. The van der Waals surface area contributed by atoms with Crippen LogP contribution in [0.4, 0.5) is 0 Å². The Bertz CT molecular complexity index is 1370. The van der Waals surface area contributed by atoms with Crippen LogP contribution in [0.1, 0.15) is 36.1 Å². The van der Waals surface area contributed by atoms with Crippen LogP contribution >= 0.6 is 11.3 Å². The number of imidazole rings is 1. The largest absolute Gasteiger partial charge is 0.494 e. The Labute approximate surface area is 215 Å². The van der Waals surface area contributed by atoms with E-state index >= 15 is 0 Å². The number of thiazole rings is 1. The zero-order valence-corrected chi connectivity index (χ0v) is 21.1. The monoisotopic (exact) mass is 495 g/mol. The van der Waals surface area contributed by atoms with E-state index in [1.165, 1.54) is 11.1 Å². The van der Waals surface area contributed by atoms with Crippen molar-refractivity contribution in [1.82, 2.24) is 14.7 Å². The van der Waals surface area contributed by atoms with E-state index < -0.39 is 0 Å². The minimum Gasteiger partial charge on any atom is -0.494 e. The molecule has 1 N–H and O–H groups in total. The Morgan fingerprint density at radius 3 is 2.28 bits per heavy atom. The van der Waals surface area contributed by atoms with Gasteiger partial charge >= 0.3 is 0 Å². The van der Waals surface area contributed by atoms with Crippen LogP contribution < -0.4 is 10.1 Å². The first-order valence-corrected chi connectivity index (χ1v) is 13.1. The second-order valence-corrected chi connectivity index (χ2v) is 9.49. The van der Waals surface area contributed by atoms with E-state index in [0.717, 1.165) is 34.1 Å². The first kappa shape index (κ1) is 23.8. The van der Waals surface area contributed by atoms with E-state index in [9.17, 15) is 4.79 Å². The number of hydrogen-bond donors (Lipinski definition) is 1. The average molecular weight is 496 g/mol. The van der Waals surface area contributed by atoms with Gasteiger partial charge in [-0.2, -0.15) is 0 Å². The van der Waals surface area contributed by atoms with Crippen molar-refractivity contribution in [2.24, 2.45) is 0 Å². The van der Waals surface area contributed by atoms with Gasteiger partial charge in [-0.25, -0.2) is 4.98 Å². The summed E-state index contributed by atoms with van der Waals surface area (Å²) in [6.07, 6.45) is 3.16. The molecule has 0 aliphatic heterocycles. The highest BCUT2D eigenvalue weighted by atomic mass is 32.1. The normalized spacial score (nSPS) is 11.2. The van der Waals surface area contributed by atoms with Gasteiger partial charge < -0.3 is 10.1 Å². The van der Waals surface area contributed by atoms with Crippen LogP contribution in [0.2, 0.25) is 0 Å². The fourth-order valence-electron chi connectivity index (χ4n) is 4.46. The van der Waals surface area contributed by atoms with Crippen molar-refractivity contribution >= 4 is 22.2 Å². The number of carbonyl (C=O) groups is 1. The summed E-state index contributed by atoms with van der Waals surface area (Å²) in [6, 6.07) is 28.9. The number of aromatic nitrogens is 2. The van der Waals surface area contributed by atoms with Crippen molar-refractivity contribution in [3.05, 3.63) is 113 Å². The van der Waals surface area contributed by atoms with E-state index in [-0.39, 0.29) is 11.8 Å². The lowest BCUT2D eigenvalue weighted by Gasteiger charge is -2.18. The average Bonchev–Trinajstić information content (AvgIpc) is 3.50. The Kier molecular flexibility index (Phi) is 7.43. The number of amides is 1. The minimum absolute atomic E-state index is 0.0193. The maximum absolute atomic E-state index is 12.8. The smallest absolute Gasteiger partial charge is 0.225 e. The predicted octanol–water partition coefficient (Wildman–Crippen LogP) is 6.34. The van der Waals surface area contributed by atoms with E-state index in [2.05, 4.69) is 53.8 Å². The molecule has 0 radical (unpaired) electrons. The molecule has 2 aromatic heterocycles. The van der Waals surface area contributed by atoms with Gasteiger partial charge in [-0.05, 0) is 48.7 Å². The van der Waals surface area contributed by atoms with Crippen LogP contribution in [0.3, 0.4) is 0 Å². The van der Waals surface area contributed by atoms with Crippen molar-refractivity contribution in [3.63, 3.8) is 0 Å². The van der Waals surface area contributed by atoms with Crippen molar-refractivity contribution in [2.75, 3.05) is 13.2 Å². The molecule has 0 unspecified atom stereocenters. The van der Waals surface area contributed by atoms with Gasteiger partial charge in [0, 0.05) is 35.3 Å². The van der Waals surface area contributed by atoms with E-state index in [4.69, 9.17) is 9.72 Å². The first-order chi connectivity index (χ1) is 17.7. The molecular weight excluding hydrogens is 466 g/mol. The van der Waals surface area contributed by atoms with Crippen molar-refractivity contribution in [1.29, 1.82) is 0 Å². The number of rotatable bonds is 10. The van der Waals surface area contributed by atoms with Gasteiger partial charge in [0.1, 0.15) is 5.75 Å². The van der Waals surface area contributed by atoms with Crippen LogP contribution in [0.25, 0.3) is 16.2 Å². The molecule has 182 valence electrons. The van der Waals surface area contributed by atoms with Gasteiger partial charge in [0.2, 0.25) is 5.91 Å². The van der Waals surface area contributed by atoms with E-state index in [0.29, 0.717) is 19.6 Å². The van der Waals surface area contributed by atoms with Crippen LogP contribution in [0.5, 0.6) is 5.75 Å². The number of fused-ring (bicyclic) bond motifs is 1. The minimum atomic E-state index is 0.0193. The standard InChI is InChI=1S/C30H29N3O2S/c1-2-35-26-15-13-24(14-16-26)28-20-33-25(21-36-30(33)32-28)19-29(34)31-18-17-27(22-9-5-3-6-10-22)23-11-7-4-8-12-23/h3-16,20-21,27H,2,17-19H2,1H3,(H,31,34). The molecule has 0 saturated heterocycles. The zero-order valence-electron chi connectivity index (χ0n) is 20.3. The molecule has 1 amide bonds. The van der Waals surface area contributed by atoms with Gasteiger partial charge in [0.25, 0.3) is 0 Å². The lowest BCUT2D eigenvalue weighted by Crippen LogP contribution is -2.27. The molecule has 6 heteroatoms. The lowest BCUT2D eigenvalue weighted by atomic mass is 9.88. The summed E-state index contributed by atoms with van der Waals surface area (Å²) in [5, 5.41) is 5.14. The Balaban J connectivity index is 1.22. The summed E-state index contributed by atoms with van der Waals surface area (Å²) < 4.78 is 7.55. The number of carbonyl (C=O) groups excluding carboxylic acids is 1. The van der Waals surface area contributed by atoms with Crippen LogP contribution in [0, 0.1) is 0 Å². The molecule has 36 heavy (non-hydrogen) atoms. The molecule has 2 heterocycles. The molecule has 3 aromatic carbocycles. The maximum atomic E-state index is 12.8. The summed E-state index contributed by atoms with van der Waals surface area (Å²) in [5.74, 6) is 1.11. The van der Waals surface area contributed by atoms with Crippen molar-refractivity contribution < 1.29 is 9.53 Å². The molecule has 0 spiro atoms. The number of ether oxygens (including phenoxy) is 1. The SMILES string of the molecule is CCOc1ccc(-c2cn3c(CC(=O)NCCC(c4ccccc4)c4ccccc4)csc3n2)cc1. The van der Waals surface area contributed by atoms with Crippen LogP contribution in [-0.4, -0.2) is 28.4 Å². The van der Waals surface area contributed by atoms with Gasteiger partial charge in [0.15, 0.2) is 4.96 Å². The molecule has 0 fully saturated rings. The van der Waals surface area contributed by atoms with Crippen LogP contribution in [0.15, 0.2) is 96.5 Å². The quantitative estimate of drug-likeness (QED) is 0.246. The lowest BCUT2D eigenvalue weighted by molar-refractivity contribution is -0.120. The third-order valence-electron chi connectivity index (χ3n) is 6.25. The molecule has 0 aliphatic carbocycles. The third-order valence-corrected chi connectivity index (χ3v) is 7.13. The highest BCUT2D eigenvalue weighted by Crippen LogP contribution is 2.28. The molecular formula is C30H29N3O2S. The molecule has 0 saturated carbocycles. The van der Waals surface area contributed by atoms with Gasteiger partial charge in [-0.15, -0.1) is 11.3 Å². The molecule has 5 rings (SSSR count). The predicted molar refractivity (Wildman–Crippen MR) is 146 cm³/mol. The number of benzene rings is 3. The molecule has 5 nitrogen and oxygen atoms in total. The highest BCUT2D eigenvalue weighted by Gasteiger charge is 2.16. The first-order valence-electron chi connectivity index (χ1n) is 12.3.